The van der Waals surface area contributed by atoms with Crippen molar-refractivity contribution in [3.8, 4) is 0 Å². The molecule has 0 nitrogen and oxygen atoms in total. The van der Waals surface area contributed by atoms with Gasteiger partial charge in [0, 0.05) is 10.4 Å². The van der Waals surface area contributed by atoms with Gasteiger partial charge < -0.3 is 0 Å². The lowest BCUT2D eigenvalue weighted by Crippen LogP contribution is -1.99. The molecule has 0 aromatic heterocycles. The van der Waals surface area contributed by atoms with Crippen LogP contribution in [0, 0.1) is 6.92 Å². The third-order valence-electron chi connectivity index (χ3n) is 4.35. The Balaban J connectivity index is 1.94. The molecule has 0 N–H and O–H groups in total. The number of hydrogen-bond donors (Lipinski definition) is 0. The van der Waals surface area contributed by atoms with Gasteiger partial charge in [0.2, 0.25) is 0 Å². The van der Waals surface area contributed by atoms with Crippen molar-refractivity contribution in [3.63, 3.8) is 0 Å². The Kier molecular flexibility index (Phi) is 2.97. The van der Waals surface area contributed by atoms with E-state index in [9.17, 15) is 0 Å². The van der Waals surface area contributed by atoms with Gasteiger partial charge >= 0.3 is 0 Å². The highest BCUT2D eigenvalue weighted by molar-refractivity contribution is 9.10. The molecule has 1 unspecified atom stereocenters. The van der Waals surface area contributed by atoms with Gasteiger partial charge in [0.1, 0.15) is 0 Å². The van der Waals surface area contributed by atoms with E-state index in [-0.39, 0.29) is 0 Å². The molecule has 3 aromatic rings. The lowest BCUT2D eigenvalue weighted by Gasteiger charge is -2.16. The molecule has 1 aliphatic carbocycles. The van der Waals surface area contributed by atoms with Gasteiger partial charge in [0.05, 0.1) is 0 Å². The summed E-state index contributed by atoms with van der Waals surface area (Å²) in [6, 6.07) is 19.7. The molecule has 0 heterocycles. The van der Waals surface area contributed by atoms with Crippen LogP contribution in [0.4, 0.5) is 0 Å². The van der Waals surface area contributed by atoms with E-state index < -0.39 is 0 Å². The van der Waals surface area contributed by atoms with Gasteiger partial charge in [-0.25, -0.2) is 0 Å². The summed E-state index contributed by atoms with van der Waals surface area (Å²) in [5.74, 6) is 0.373. The minimum absolute atomic E-state index is 0.373. The van der Waals surface area contributed by atoms with E-state index >= 15 is 0 Å². The molecule has 3 aromatic carbocycles. The van der Waals surface area contributed by atoms with Crippen molar-refractivity contribution in [2.24, 2.45) is 0 Å². The Hall–Kier alpha value is -1.86. The van der Waals surface area contributed by atoms with Crippen molar-refractivity contribution >= 4 is 32.8 Å². The molecule has 1 atom stereocenters. The molecule has 21 heavy (non-hydrogen) atoms. The Morgan fingerprint density at radius 2 is 1.76 bits per heavy atom. The zero-order chi connectivity index (χ0) is 14.4. The SMILES string of the molecule is Cc1cc2cccc(Br)c2cc1C1C=Cc2ccccc21. The van der Waals surface area contributed by atoms with Crippen LogP contribution < -0.4 is 0 Å². The van der Waals surface area contributed by atoms with Crippen LogP contribution in [-0.2, 0) is 0 Å². The molecule has 0 amide bonds. The topological polar surface area (TPSA) is 0 Å². The predicted molar refractivity (Wildman–Crippen MR) is 93.7 cm³/mol. The summed E-state index contributed by atoms with van der Waals surface area (Å²) >= 11 is 3.68. The van der Waals surface area contributed by atoms with Gasteiger partial charge in [-0.05, 0) is 52.1 Å². The monoisotopic (exact) mass is 334 g/mol. The first-order chi connectivity index (χ1) is 10.2. The fourth-order valence-electron chi connectivity index (χ4n) is 3.27. The maximum Gasteiger partial charge on any atom is 0.0281 e. The second-order valence-electron chi connectivity index (χ2n) is 5.64. The van der Waals surface area contributed by atoms with Crippen LogP contribution in [0.3, 0.4) is 0 Å². The number of hydrogen-bond acceptors (Lipinski definition) is 0. The highest BCUT2D eigenvalue weighted by Crippen LogP contribution is 2.38. The second kappa shape index (κ2) is 4.85. The zero-order valence-electron chi connectivity index (χ0n) is 11.8. The average Bonchev–Trinajstić information content (AvgIpc) is 2.91. The van der Waals surface area contributed by atoms with Crippen LogP contribution in [0.1, 0.15) is 28.2 Å². The lowest BCUT2D eigenvalue weighted by atomic mass is 9.88. The number of benzene rings is 3. The molecule has 0 fully saturated rings. The quantitative estimate of drug-likeness (QED) is 0.506. The minimum Gasteiger partial charge on any atom is -0.0720 e. The van der Waals surface area contributed by atoms with Crippen molar-refractivity contribution in [1.29, 1.82) is 0 Å². The Bertz CT molecular complexity index is 874. The van der Waals surface area contributed by atoms with E-state index in [2.05, 4.69) is 89.6 Å². The van der Waals surface area contributed by atoms with Crippen molar-refractivity contribution in [1.82, 2.24) is 0 Å². The van der Waals surface area contributed by atoms with Gasteiger partial charge in [0.25, 0.3) is 0 Å². The third kappa shape index (κ3) is 2.04. The summed E-state index contributed by atoms with van der Waals surface area (Å²) in [6.45, 7) is 2.21. The number of rotatable bonds is 1. The van der Waals surface area contributed by atoms with Crippen LogP contribution in [0.5, 0.6) is 0 Å². The standard InChI is InChI=1S/C20H15Br/c1-13-11-15-6-4-8-20(21)19(15)12-18(13)17-10-9-14-5-2-3-7-16(14)17/h2-12,17H,1H3. The van der Waals surface area contributed by atoms with Gasteiger partial charge in [-0.1, -0.05) is 70.5 Å². The zero-order valence-corrected chi connectivity index (χ0v) is 13.4. The normalized spacial score (nSPS) is 16.4. The summed E-state index contributed by atoms with van der Waals surface area (Å²) < 4.78 is 1.16. The molecule has 102 valence electrons. The molecule has 0 bridgehead atoms. The minimum atomic E-state index is 0.373. The molecule has 0 radical (unpaired) electrons. The first-order valence-corrected chi connectivity index (χ1v) is 7.99. The largest absolute Gasteiger partial charge is 0.0720 e. The Labute approximate surface area is 133 Å². The van der Waals surface area contributed by atoms with Crippen LogP contribution in [0.2, 0.25) is 0 Å². The molecule has 1 heteroatoms. The van der Waals surface area contributed by atoms with Gasteiger partial charge in [-0.2, -0.15) is 0 Å². The predicted octanol–water partition coefficient (Wildman–Crippen LogP) is 6.07. The van der Waals surface area contributed by atoms with Crippen molar-refractivity contribution in [3.05, 3.63) is 87.4 Å². The van der Waals surface area contributed by atoms with Gasteiger partial charge in [-0.3, -0.25) is 0 Å². The lowest BCUT2D eigenvalue weighted by molar-refractivity contribution is 1.03. The van der Waals surface area contributed by atoms with E-state index in [1.807, 2.05) is 0 Å². The van der Waals surface area contributed by atoms with Crippen molar-refractivity contribution < 1.29 is 0 Å². The summed E-state index contributed by atoms with van der Waals surface area (Å²) in [5, 5.41) is 2.58. The second-order valence-corrected chi connectivity index (χ2v) is 6.49. The van der Waals surface area contributed by atoms with E-state index in [1.165, 1.54) is 33.0 Å². The highest BCUT2D eigenvalue weighted by Gasteiger charge is 2.20. The molecular weight excluding hydrogens is 320 g/mol. The summed E-state index contributed by atoms with van der Waals surface area (Å²) in [5.41, 5.74) is 5.50. The number of aryl methyl sites for hydroxylation is 1. The Morgan fingerprint density at radius 3 is 2.67 bits per heavy atom. The first-order valence-electron chi connectivity index (χ1n) is 7.20. The summed E-state index contributed by atoms with van der Waals surface area (Å²) in [4.78, 5) is 0. The van der Waals surface area contributed by atoms with Gasteiger partial charge in [0.15, 0.2) is 0 Å². The molecule has 4 rings (SSSR count). The van der Waals surface area contributed by atoms with Crippen molar-refractivity contribution in [2.75, 3.05) is 0 Å². The maximum atomic E-state index is 3.68. The molecule has 0 aliphatic heterocycles. The molecular formula is C20H15Br. The number of allylic oxidation sites excluding steroid dienone is 1. The first kappa shape index (κ1) is 12.8. The molecule has 0 saturated heterocycles. The summed E-state index contributed by atoms with van der Waals surface area (Å²) in [7, 11) is 0. The maximum absolute atomic E-state index is 3.68. The molecule has 0 spiro atoms. The summed E-state index contributed by atoms with van der Waals surface area (Å²) in [6.07, 6.45) is 4.55. The molecule has 0 saturated carbocycles. The fourth-order valence-corrected chi connectivity index (χ4v) is 3.77. The van der Waals surface area contributed by atoms with E-state index in [0.717, 1.165) is 4.47 Å². The van der Waals surface area contributed by atoms with E-state index in [4.69, 9.17) is 0 Å². The smallest absolute Gasteiger partial charge is 0.0281 e. The highest BCUT2D eigenvalue weighted by atomic mass is 79.9. The van der Waals surface area contributed by atoms with Crippen LogP contribution in [-0.4, -0.2) is 0 Å². The van der Waals surface area contributed by atoms with Crippen LogP contribution >= 0.6 is 15.9 Å². The average molecular weight is 335 g/mol. The fraction of sp³-hybridized carbons (Fsp3) is 0.100. The third-order valence-corrected chi connectivity index (χ3v) is 5.04. The van der Waals surface area contributed by atoms with E-state index in [1.54, 1.807) is 0 Å². The van der Waals surface area contributed by atoms with Crippen molar-refractivity contribution in [2.45, 2.75) is 12.8 Å². The van der Waals surface area contributed by atoms with Crippen LogP contribution in [0.15, 0.2) is 65.1 Å². The Morgan fingerprint density at radius 1 is 0.905 bits per heavy atom. The number of fused-ring (bicyclic) bond motifs is 2. The van der Waals surface area contributed by atoms with Crippen LogP contribution in [0.25, 0.3) is 16.8 Å². The molecule has 1 aliphatic rings. The van der Waals surface area contributed by atoms with E-state index in [0.29, 0.717) is 5.92 Å². The number of halogens is 1. The van der Waals surface area contributed by atoms with Gasteiger partial charge in [-0.15, -0.1) is 0 Å².